The maximum absolute atomic E-state index is 12.3. The minimum absolute atomic E-state index is 0.00574. The highest BCUT2D eigenvalue weighted by atomic mass is 32.2. The molecule has 27 heavy (non-hydrogen) atoms. The van der Waals surface area contributed by atoms with E-state index in [0.29, 0.717) is 17.8 Å². The lowest BCUT2D eigenvalue weighted by Gasteiger charge is -2.17. The summed E-state index contributed by atoms with van der Waals surface area (Å²) in [6.45, 7) is 4.24. The van der Waals surface area contributed by atoms with Gasteiger partial charge in [0.1, 0.15) is 0 Å². The van der Waals surface area contributed by atoms with Gasteiger partial charge in [0.25, 0.3) is 5.91 Å². The molecule has 0 unspecified atom stereocenters. The largest absolute Gasteiger partial charge is 0.372 e. The number of nitrogens with one attached hydrogen (secondary N) is 2. The number of hydrogen-bond donors (Lipinski definition) is 2. The molecule has 0 aliphatic carbocycles. The smallest absolute Gasteiger partial charge is 0.251 e. The minimum Gasteiger partial charge on any atom is -0.372 e. The minimum atomic E-state index is -3.32. The topological polar surface area (TPSA) is 78.5 Å². The van der Waals surface area contributed by atoms with Crippen molar-refractivity contribution in [2.24, 2.45) is 0 Å². The highest BCUT2D eigenvalue weighted by Crippen LogP contribution is 2.20. The lowest BCUT2D eigenvalue weighted by molar-refractivity contribution is 0.0951. The molecule has 1 aliphatic rings. The zero-order valence-corrected chi connectivity index (χ0v) is 16.3. The summed E-state index contributed by atoms with van der Waals surface area (Å²) in [5.74, 6) is -0.185. The van der Waals surface area contributed by atoms with Crippen LogP contribution in [-0.4, -0.2) is 33.2 Å². The summed E-state index contributed by atoms with van der Waals surface area (Å²) in [7, 11) is -3.32. The zero-order chi connectivity index (χ0) is 19.3. The van der Waals surface area contributed by atoms with Gasteiger partial charge in [-0.3, -0.25) is 9.52 Å². The molecule has 1 aliphatic heterocycles. The van der Waals surface area contributed by atoms with Gasteiger partial charge in [0, 0.05) is 36.6 Å². The molecular formula is C20H25N3O3S. The van der Waals surface area contributed by atoms with Crippen molar-refractivity contribution in [1.82, 2.24) is 5.32 Å². The average molecular weight is 388 g/mol. The summed E-state index contributed by atoms with van der Waals surface area (Å²) in [5, 5.41) is 2.89. The van der Waals surface area contributed by atoms with E-state index in [2.05, 4.69) is 27.1 Å². The van der Waals surface area contributed by atoms with Crippen molar-refractivity contribution in [3.05, 3.63) is 59.7 Å². The van der Waals surface area contributed by atoms with E-state index < -0.39 is 10.0 Å². The first-order valence-electron chi connectivity index (χ1n) is 9.19. The Bertz CT molecular complexity index is 872. The normalized spacial score (nSPS) is 14.2. The first-order valence-corrected chi connectivity index (χ1v) is 10.8. The van der Waals surface area contributed by atoms with Gasteiger partial charge in [-0.25, -0.2) is 8.42 Å². The van der Waals surface area contributed by atoms with Crippen LogP contribution in [0.4, 0.5) is 11.4 Å². The van der Waals surface area contributed by atoms with Gasteiger partial charge >= 0.3 is 0 Å². The van der Waals surface area contributed by atoms with Crippen molar-refractivity contribution < 1.29 is 13.2 Å². The highest BCUT2D eigenvalue weighted by molar-refractivity contribution is 7.92. The van der Waals surface area contributed by atoms with Gasteiger partial charge in [0.15, 0.2) is 0 Å². The Hall–Kier alpha value is -2.54. The molecule has 3 rings (SSSR count). The van der Waals surface area contributed by atoms with Crippen LogP contribution in [0.3, 0.4) is 0 Å². The van der Waals surface area contributed by atoms with E-state index in [9.17, 15) is 13.2 Å². The fraction of sp³-hybridized carbons (Fsp3) is 0.350. The molecule has 1 fully saturated rings. The number of anilines is 2. The predicted molar refractivity (Wildman–Crippen MR) is 109 cm³/mol. The molecule has 144 valence electrons. The standard InChI is InChI=1S/C20H25N3O3S/c1-2-27(25,26)22-18-9-7-17(8-10-18)20(24)21-15-16-5-11-19(12-6-16)23-13-3-4-14-23/h5-12,22H,2-4,13-15H2,1H3,(H,21,24). The second kappa shape index (κ2) is 8.43. The van der Waals surface area contributed by atoms with E-state index >= 15 is 0 Å². The van der Waals surface area contributed by atoms with Gasteiger partial charge in [-0.05, 0) is 61.7 Å². The van der Waals surface area contributed by atoms with Crippen LogP contribution in [0.1, 0.15) is 35.7 Å². The fourth-order valence-corrected chi connectivity index (χ4v) is 3.67. The van der Waals surface area contributed by atoms with Crippen molar-refractivity contribution in [1.29, 1.82) is 0 Å². The Kier molecular flexibility index (Phi) is 6.01. The Balaban J connectivity index is 1.54. The van der Waals surface area contributed by atoms with Gasteiger partial charge in [0.05, 0.1) is 5.75 Å². The third-order valence-corrected chi connectivity index (χ3v) is 5.97. The Morgan fingerprint density at radius 2 is 1.63 bits per heavy atom. The molecule has 7 heteroatoms. The maximum Gasteiger partial charge on any atom is 0.251 e. The summed E-state index contributed by atoms with van der Waals surface area (Å²) >= 11 is 0. The SMILES string of the molecule is CCS(=O)(=O)Nc1ccc(C(=O)NCc2ccc(N3CCCC3)cc2)cc1. The summed E-state index contributed by atoms with van der Waals surface area (Å²) in [6.07, 6.45) is 2.49. The van der Waals surface area contributed by atoms with Crippen molar-refractivity contribution >= 4 is 27.3 Å². The number of hydrogen-bond acceptors (Lipinski definition) is 4. The molecule has 2 aromatic carbocycles. The number of nitrogens with zero attached hydrogens (tertiary/aromatic N) is 1. The van der Waals surface area contributed by atoms with E-state index in [1.54, 1.807) is 31.2 Å². The lowest BCUT2D eigenvalue weighted by atomic mass is 10.1. The van der Waals surface area contributed by atoms with Crippen LogP contribution in [0.2, 0.25) is 0 Å². The molecule has 1 heterocycles. The van der Waals surface area contributed by atoms with Crippen LogP contribution >= 0.6 is 0 Å². The molecular weight excluding hydrogens is 362 g/mol. The van der Waals surface area contributed by atoms with Crippen LogP contribution in [0.25, 0.3) is 0 Å². The molecule has 0 bridgehead atoms. The molecule has 6 nitrogen and oxygen atoms in total. The second-order valence-corrected chi connectivity index (χ2v) is 8.64. The number of carbonyl (C=O) groups excluding carboxylic acids is 1. The molecule has 1 amide bonds. The van der Waals surface area contributed by atoms with Crippen LogP contribution in [0.5, 0.6) is 0 Å². The molecule has 0 radical (unpaired) electrons. The average Bonchev–Trinajstić information content (AvgIpc) is 3.21. The molecule has 1 saturated heterocycles. The zero-order valence-electron chi connectivity index (χ0n) is 15.4. The molecule has 0 aromatic heterocycles. The molecule has 0 atom stereocenters. The number of amides is 1. The van der Waals surface area contributed by atoms with E-state index in [1.165, 1.54) is 18.5 Å². The molecule has 2 N–H and O–H groups in total. The molecule has 0 saturated carbocycles. The maximum atomic E-state index is 12.3. The highest BCUT2D eigenvalue weighted by Gasteiger charge is 2.12. The summed E-state index contributed by atoms with van der Waals surface area (Å²) < 4.78 is 25.6. The number of carbonyl (C=O) groups is 1. The fourth-order valence-electron chi connectivity index (χ4n) is 3.03. The summed E-state index contributed by atoms with van der Waals surface area (Å²) in [6, 6.07) is 14.7. The predicted octanol–water partition coefficient (Wildman–Crippen LogP) is 2.98. The second-order valence-electron chi connectivity index (χ2n) is 6.63. The van der Waals surface area contributed by atoms with E-state index in [0.717, 1.165) is 18.7 Å². The van der Waals surface area contributed by atoms with Crippen LogP contribution in [-0.2, 0) is 16.6 Å². The molecule has 0 spiro atoms. The molecule has 2 aromatic rings. The third kappa shape index (κ3) is 5.23. The van der Waals surface area contributed by atoms with Crippen molar-refractivity contribution in [2.45, 2.75) is 26.3 Å². The van der Waals surface area contributed by atoms with Crippen molar-refractivity contribution in [3.63, 3.8) is 0 Å². The van der Waals surface area contributed by atoms with Crippen molar-refractivity contribution in [2.75, 3.05) is 28.5 Å². The van der Waals surface area contributed by atoms with Gasteiger partial charge in [-0.2, -0.15) is 0 Å². The number of benzene rings is 2. The Morgan fingerprint density at radius 1 is 1.00 bits per heavy atom. The summed E-state index contributed by atoms with van der Waals surface area (Å²) in [5.41, 5.74) is 3.21. The van der Waals surface area contributed by atoms with E-state index in [4.69, 9.17) is 0 Å². The van der Waals surface area contributed by atoms with E-state index in [-0.39, 0.29) is 11.7 Å². The first kappa shape index (κ1) is 19.2. The van der Waals surface area contributed by atoms with Gasteiger partial charge in [-0.1, -0.05) is 12.1 Å². The quantitative estimate of drug-likeness (QED) is 0.766. The van der Waals surface area contributed by atoms with Crippen LogP contribution in [0, 0.1) is 0 Å². The number of sulfonamides is 1. The van der Waals surface area contributed by atoms with Crippen LogP contribution in [0.15, 0.2) is 48.5 Å². The first-order chi connectivity index (χ1) is 13.0. The van der Waals surface area contributed by atoms with Crippen LogP contribution < -0.4 is 14.9 Å². The lowest BCUT2D eigenvalue weighted by Crippen LogP contribution is -2.23. The van der Waals surface area contributed by atoms with Gasteiger partial charge < -0.3 is 10.2 Å². The van der Waals surface area contributed by atoms with E-state index in [1.807, 2.05) is 12.1 Å². The monoisotopic (exact) mass is 387 g/mol. The van der Waals surface area contributed by atoms with Crippen molar-refractivity contribution in [3.8, 4) is 0 Å². The Morgan fingerprint density at radius 3 is 2.22 bits per heavy atom. The Labute approximate surface area is 160 Å². The third-order valence-electron chi connectivity index (χ3n) is 4.66. The number of rotatable bonds is 7. The summed E-state index contributed by atoms with van der Waals surface area (Å²) in [4.78, 5) is 14.7. The van der Waals surface area contributed by atoms with Gasteiger partial charge in [-0.15, -0.1) is 0 Å². The van der Waals surface area contributed by atoms with Gasteiger partial charge in [0.2, 0.25) is 10.0 Å².